The molecule has 0 aromatic carbocycles. The minimum absolute atomic E-state index is 0.186. The fourth-order valence-electron chi connectivity index (χ4n) is 2.17. The zero-order valence-corrected chi connectivity index (χ0v) is 12.7. The molecular weight excluding hydrogens is 268 g/mol. The van der Waals surface area contributed by atoms with Crippen molar-refractivity contribution in [2.75, 3.05) is 32.5 Å². The second kappa shape index (κ2) is 7.21. The van der Waals surface area contributed by atoms with Crippen LogP contribution in [0.4, 0.5) is 0 Å². The van der Waals surface area contributed by atoms with Crippen LogP contribution < -0.4 is 5.32 Å². The molecule has 1 heterocycles. The van der Waals surface area contributed by atoms with E-state index in [0.717, 1.165) is 19.4 Å². The maximum atomic E-state index is 12.2. The first-order valence-electron chi connectivity index (χ1n) is 6.63. The third-order valence-electron chi connectivity index (χ3n) is 3.08. The van der Waals surface area contributed by atoms with Crippen LogP contribution in [0.3, 0.4) is 0 Å². The van der Waals surface area contributed by atoms with Gasteiger partial charge in [0.15, 0.2) is 5.75 Å². The van der Waals surface area contributed by atoms with Crippen LogP contribution in [0.25, 0.3) is 0 Å². The molecule has 0 saturated carbocycles. The summed E-state index contributed by atoms with van der Waals surface area (Å²) in [6.45, 7) is 5.71. The van der Waals surface area contributed by atoms with Gasteiger partial charge in [0, 0.05) is 19.1 Å². The normalized spacial score (nSPS) is 20.2. The summed E-state index contributed by atoms with van der Waals surface area (Å²) < 4.78 is 30.3. The van der Waals surface area contributed by atoms with E-state index < -0.39 is 21.7 Å². The second-order valence-electron chi connectivity index (χ2n) is 5.34. The van der Waals surface area contributed by atoms with Crippen LogP contribution in [0, 0.1) is 5.92 Å². The Kier molecular flexibility index (Phi) is 6.22. The molecule has 0 spiro atoms. The van der Waals surface area contributed by atoms with Crippen LogP contribution in [-0.2, 0) is 19.6 Å². The van der Waals surface area contributed by atoms with Crippen LogP contribution in [0.15, 0.2) is 0 Å². The Morgan fingerprint density at radius 1 is 1.47 bits per heavy atom. The maximum Gasteiger partial charge on any atom is 0.322 e. The summed E-state index contributed by atoms with van der Waals surface area (Å²) in [4.78, 5) is 11.2. The van der Waals surface area contributed by atoms with Crippen molar-refractivity contribution in [2.24, 2.45) is 5.92 Å². The molecule has 0 bridgehead atoms. The Balaban J connectivity index is 2.73. The number of ether oxygens (including phenoxy) is 1. The number of carbonyl (C=O) groups is 1. The van der Waals surface area contributed by atoms with E-state index in [-0.39, 0.29) is 12.0 Å². The van der Waals surface area contributed by atoms with Crippen molar-refractivity contribution in [1.82, 2.24) is 9.62 Å². The van der Waals surface area contributed by atoms with Gasteiger partial charge in [-0.05, 0) is 25.3 Å². The molecule has 7 heteroatoms. The number of esters is 1. The molecule has 0 aromatic rings. The smallest absolute Gasteiger partial charge is 0.322 e. The minimum atomic E-state index is -3.60. The first-order valence-corrected chi connectivity index (χ1v) is 8.24. The van der Waals surface area contributed by atoms with Crippen molar-refractivity contribution in [1.29, 1.82) is 0 Å². The Morgan fingerprint density at radius 2 is 2.16 bits per heavy atom. The highest BCUT2D eigenvalue weighted by Crippen LogP contribution is 2.13. The molecule has 1 atom stereocenters. The molecule has 19 heavy (non-hydrogen) atoms. The van der Waals surface area contributed by atoms with Gasteiger partial charge in [-0.2, -0.15) is 4.31 Å². The number of carbonyl (C=O) groups excluding carboxylic acids is 1. The van der Waals surface area contributed by atoms with Gasteiger partial charge >= 0.3 is 5.97 Å². The molecule has 112 valence electrons. The average Bonchev–Trinajstić information content (AvgIpc) is 2.79. The van der Waals surface area contributed by atoms with Gasteiger partial charge < -0.3 is 10.1 Å². The largest absolute Gasteiger partial charge is 0.468 e. The van der Waals surface area contributed by atoms with Crippen LogP contribution >= 0.6 is 0 Å². The predicted molar refractivity (Wildman–Crippen MR) is 73.2 cm³/mol. The number of hydrogen-bond donors (Lipinski definition) is 1. The van der Waals surface area contributed by atoms with Crippen LogP contribution in [0.5, 0.6) is 0 Å². The molecule has 1 fully saturated rings. The van der Waals surface area contributed by atoms with Crippen LogP contribution in [0.2, 0.25) is 0 Å². The summed E-state index contributed by atoms with van der Waals surface area (Å²) in [5.41, 5.74) is 0. The van der Waals surface area contributed by atoms with E-state index in [4.69, 9.17) is 0 Å². The average molecular weight is 292 g/mol. The molecule has 1 rings (SSSR count). The molecule has 1 saturated heterocycles. The zero-order valence-electron chi connectivity index (χ0n) is 11.9. The molecule has 0 aromatic heterocycles. The summed E-state index contributed by atoms with van der Waals surface area (Å²) >= 11 is 0. The van der Waals surface area contributed by atoms with E-state index in [1.54, 1.807) is 0 Å². The highest BCUT2D eigenvalue weighted by molar-refractivity contribution is 7.89. The van der Waals surface area contributed by atoms with E-state index in [0.29, 0.717) is 13.1 Å². The monoisotopic (exact) mass is 292 g/mol. The molecule has 0 radical (unpaired) electrons. The van der Waals surface area contributed by atoms with E-state index in [1.165, 1.54) is 11.4 Å². The summed E-state index contributed by atoms with van der Waals surface area (Å²) in [7, 11) is -2.40. The number of nitrogens with one attached hydrogen (secondary N) is 1. The number of rotatable bonds is 7. The second-order valence-corrected chi connectivity index (χ2v) is 7.31. The van der Waals surface area contributed by atoms with Gasteiger partial charge in [-0.25, -0.2) is 8.42 Å². The molecular formula is C12H24N2O4S. The standard InChI is InChI=1S/C12H24N2O4S/c1-10(2)7-14(8-11-5-4-6-13-11)19(16,17)9-12(15)18-3/h10-11,13H,4-9H2,1-3H3. The Labute approximate surface area is 115 Å². The van der Waals surface area contributed by atoms with E-state index >= 15 is 0 Å². The Bertz CT molecular complexity index is 389. The molecule has 6 nitrogen and oxygen atoms in total. The SMILES string of the molecule is COC(=O)CS(=O)(=O)N(CC(C)C)CC1CCCN1. The first-order chi connectivity index (χ1) is 8.85. The number of methoxy groups -OCH3 is 1. The van der Waals surface area contributed by atoms with Crippen molar-refractivity contribution >= 4 is 16.0 Å². The van der Waals surface area contributed by atoms with Crippen molar-refractivity contribution < 1.29 is 17.9 Å². The fourth-order valence-corrected chi connectivity index (χ4v) is 3.70. The fraction of sp³-hybridized carbons (Fsp3) is 0.917. The third kappa shape index (κ3) is 5.46. The van der Waals surface area contributed by atoms with Gasteiger partial charge in [0.05, 0.1) is 7.11 Å². The quantitative estimate of drug-likeness (QED) is 0.678. The third-order valence-corrected chi connectivity index (χ3v) is 4.76. The summed E-state index contributed by atoms with van der Waals surface area (Å²) in [5.74, 6) is -1.08. The van der Waals surface area contributed by atoms with Gasteiger partial charge in [-0.15, -0.1) is 0 Å². The van der Waals surface area contributed by atoms with Crippen LogP contribution in [0.1, 0.15) is 26.7 Å². The molecule has 1 aliphatic rings. The minimum Gasteiger partial charge on any atom is -0.468 e. The van der Waals surface area contributed by atoms with Crippen molar-refractivity contribution in [3.05, 3.63) is 0 Å². The van der Waals surface area contributed by atoms with E-state index in [2.05, 4.69) is 10.1 Å². The van der Waals surface area contributed by atoms with E-state index in [1.807, 2.05) is 13.8 Å². The number of sulfonamides is 1. The van der Waals surface area contributed by atoms with Crippen LogP contribution in [-0.4, -0.2) is 57.2 Å². The lowest BCUT2D eigenvalue weighted by Crippen LogP contribution is -2.44. The lowest BCUT2D eigenvalue weighted by Gasteiger charge is -2.26. The van der Waals surface area contributed by atoms with Gasteiger partial charge in [0.2, 0.25) is 10.0 Å². The molecule has 1 N–H and O–H groups in total. The number of nitrogens with zero attached hydrogens (tertiary/aromatic N) is 1. The summed E-state index contributed by atoms with van der Waals surface area (Å²) in [6.07, 6.45) is 2.04. The topological polar surface area (TPSA) is 75.7 Å². The molecule has 0 aliphatic carbocycles. The zero-order chi connectivity index (χ0) is 14.5. The predicted octanol–water partition coefficient (Wildman–Crippen LogP) is 0.199. The molecule has 1 aliphatic heterocycles. The Hall–Kier alpha value is -0.660. The molecule has 1 unspecified atom stereocenters. The van der Waals surface area contributed by atoms with Gasteiger partial charge in [0.25, 0.3) is 0 Å². The van der Waals surface area contributed by atoms with Gasteiger partial charge in [0.1, 0.15) is 0 Å². The lowest BCUT2D eigenvalue weighted by atomic mass is 10.2. The maximum absolute atomic E-state index is 12.2. The van der Waals surface area contributed by atoms with Crippen molar-refractivity contribution in [2.45, 2.75) is 32.7 Å². The van der Waals surface area contributed by atoms with Gasteiger partial charge in [-0.3, -0.25) is 4.79 Å². The summed E-state index contributed by atoms with van der Waals surface area (Å²) in [6, 6.07) is 0.186. The highest BCUT2D eigenvalue weighted by atomic mass is 32.2. The van der Waals surface area contributed by atoms with Crippen molar-refractivity contribution in [3.63, 3.8) is 0 Å². The lowest BCUT2D eigenvalue weighted by molar-refractivity contribution is -0.137. The van der Waals surface area contributed by atoms with Crippen molar-refractivity contribution in [3.8, 4) is 0 Å². The first kappa shape index (κ1) is 16.4. The molecule has 0 amide bonds. The van der Waals surface area contributed by atoms with Gasteiger partial charge in [-0.1, -0.05) is 13.8 Å². The number of hydrogen-bond acceptors (Lipinski definition) is 5. The Morgan fingerprint density at radius 3 is 2.63 bits per heavy atom. The highest BCUT2D eigenvalue weighted by Gasteiger charge is 2.29. The summed E-state index contributed by atoms with van der Waals surface area (Å²) in [5, 5.41) is 3.28. The van der Waals surface area contributed by atoms with E-state index in [9.17, 15) is 13.2 Å².